The number of hydrogen-bond acceptors (Lipinski definition) is 6. The molecular formula is C13H16N6O. The summed E-state index contributed by atoms with van der Waals surface area (Å²) >= 11 is 0. The third-order valence-electron chi connectivity index (χ3n) is 2.68. The van der Waals surface area contributed by atoms with Crippen molar-refractivity contribution in [2.45, 2.75) is 13.5 Å². The SMILES string of the molecule is Cc1cc(/C(N)=N/O)nc(N(C)Cc2ccccn2)n1. The molecule has 0 aliphatic carbocycles. The lowest BCUT2D eigenvalue weighted by molar-refractivity contribution is 0.318. The first-order chi connectivity index (χ1) is 9.60. The van der Waals surface area contributed by atoms with Crippen LogP contribution in [0.5, 0.6) is 0 Å². The third kappa shape index (κ3) is 3.19. The van der Waals surface area contributed by atoms with Crippen LogP contribution < -0.4 is 10.6 Å². The van der Waals surface area contributed by atoms with E-state index in [1.807, 2.05) is 37.1 Å². The number of hydrogen-bond donors (Lipinski definition) is 2. The highest BCUT2D eigenvalue weighted by Crippen LogP contribution is 2.11. The number of aryl methyl sites for hydroxylation is 1. The van der Waals surface area contributed by atoms with E-state index in [-0.39, 0.29) is 5.84 Å². The van der Waals surface area contributed by atoms with E-state index in [0.717, 1.165) is 11.4 Å². The van der Waals surface area contributed by atoms with Gasteiger partial charge in [-0.3, -0.25) is 4.98 Å². The molecule has 0 radical (unpaired) electrons. The minimum Gasteiger partial charge on any atom is -0.409 e. The smallest absolute Gasteiger partial charge is 0.226 e. The van der Waals surface area contributed by atoms with Crippen LogP contribution in [-0.2, 0) is 6.54 Å². The number of nitrogens with zero attached hydrogens (tertiary/aromatic N) is 5. The minimum atomic E-state index is -0.0389. The molecule has 0 aliphatic rings. The van der Waals surface area contributed by atoms with Crippen LogP contribution in [0, 0.1) is 6.92 Å². The molecule has 104 valence electrons. The quantitative estimate of drug-likeness (QED) is 0.371. The first-order valence-electron chi connectivity index (χ1n) is 6.05. The predicted octanol–water partition coefficient (Wildman–Crippen LogP) is 0.911. The van der Waals surface area contributed by atoms with Crippen molar-refractivity contribution < 1.29 is 5.21 Å². The number of oxime groups is 1. The molecule has 2 rings (SSSR count). The van der Waals surface area contributed by atoms with Crippen LogP contribution in [-0.4, -0.2) is 33.0 Å². The maximum Gasteiger partial charge on any atom is 0.226 e. The van der Waals surface area contributed by atoms with E-state index in [0.29, 0.717) is 18.2 Å². The van der Waals surface area contributed by atoms with Gasteiger partial charge in [0.2, 0.25) is 5.95 Å². The van der Waals surface area contributed by atoms with Gasteiger partial charge in [-0.05, 0) is 25.1 Å². The molecule has 0 saturated heterocycles. The normalized spacial score (nSPS) is 11.4. The summed E-state index contributed by atoms with van der Waals surface area (Å²) in [7, 11) is 1.86. The molecule has 3 N–H and O–H groups in total. The number of pyridine rings is 1. The van der Waals surface area contributed by atoms with E-state index in [1.54, 1.807) is 12.3 Å². The van der Waals surface area contributed by atoms with Gasteiger partial charge in [-0.1, -0.05) is 11.2 Å². The maximum atomic E-state index is 8.72. The highest BCUT2D eigenvalue weighted by molar-refractivity contribution is 5.95. The zero-order chi connectivity index (χ0) is 14.5. The fourth-order valence-electron chi connectivity index (χ4n) is 1.71. The van der Waals surface area contributed by atoms with E-state index in [9.17, 15) is 0 Å². The molecule has 0 bridgehead atoms. The van der Waals surface area contributed by atoms with Crippen LogP contribution in [0.3, 0.4) is 0 Å². The fourth-order valence-corrected chi connectivity index (χ4v) is 1.71. The molecule has 0 unspecified atom stereocenters. The first-order valence-corrected chi connectivity index (χ1v) is 6.05. The van der Waals surface area contributed by atoms with Crippen molar-refractivity contribution in [1.29, 1.82) is 0 Å². The van der Waals surface area contributed by atoms with Crippen molar-refractivity contribution in [3.63, 3.8) is 0 Å². The van der Waals surface area contributed by atoms with Crippen molar-refractivity contribution in [2.75, 3.05) is 11.9 Å². The largest absolute Gasteiger partial charge is 0.409 e. The van der Waals surface area contributed by atoms with Gasteiger partial charge < -0.3 is 15.8 Å². The Bertz CT molecular complexity index is 614. The van der Waals surface area contributed by atoms with Crippen molar-refractivity contribution in [3.05, 3.63) is 47.5 Å². The van der Waals surface area contributed by atoms with E-state index < -0.39 is 0 Å². The van der Waals surface area contributed by atoms with Crippen molar-refractivity contribution >= 4 is 11.8 Å². The van der Waals surface area contributed by atoms with Gasteiger partial charge in [0.15, 0.2) is 5.84 Å². The average Bonchev–Trinajstić information content (AvgIpc) is 2.46. The lowest BCUT2D eigenvalue weighted by Gasteiger charge is -2.17. The molecule has 0 amide bonds. The molecule has 0 aromatic carbocycles. The second-order valence-corrected chi connectivity index (χ2v) is 4.36. The van der Waals surface area contributed by atoms with Crippen LogP contribution in [0.1, 0.15) is 17.1 Å². The Morgan fingerprint density at radius 2 is 2.20 bits per heavy atom. The molecule has 0 aliphatic heterocycles. The second kappa shape index (κ2) is 5.96. The van der Waals surface area contributed by atoms with Crippen molar-refractivity contribution in [3.8, 4) is 0 Å². The summed E-state index contributed by atoms with van der Waals surface area (Å²) in [5.41, 5.74) is 7.60. The molecule has 7 heteroatoms. The summed E-state index contributed by atoms with van der Waals surface area (Å²) < 4.78 is 0. The molecule has 7 nitrogen and oxygen atoms in total. The highest BCUT2D eigenvalue weighted by atomic mass is 16.4. The number of nitrogens with two attached hydrogens (primary N) is 1. The van der Waals surface area contributed by atoms with Crippen molar-refractivity contribution in [1.82, 2.24) is 15.0 Å². The van der Waals surface area contributed by atoms with E-state index in [2.05, 4.69) is 20.1 Å². The second-order valence-electron chi connectivity index (χ2n) is 4.36. The lowest BCUT2D eigenvalue weighted by atomic mass is 10.3. The van der Waals surface area contributed by atoms with E-state index in [4.69, 9.17) is 10.9 Å². The Kier molecular flexibility index (Phi) is 4.09. The van der Waals surface area contributed by atoms with Crippen molar-refractivity contribution in [2.24, 2.45) is 10.9 Å². The first kappa shape index (κ1) is 13.7. The standard InChI is InChI=1S/C13H16N6O/c1-9-7-11(12(14)18-20)17-13(16-9)19(2)8-10-5-3-4-6-15-10/h3-7,20H,8H2,1-2H3,(H2,14,18). The molecule has 2 aromatic heterocycles. The Morgan fingerprint density at radius 3 is 2.85 bits per heavy atom. The summed E-state index contributed by atoms with van der Waals surface area (Å²) in [6, 6.07) is 7.38. The van der Waals surface area contributed by atoms with E-state index in [1.165, 1.54) is 0 Å². The number of amidine groups is 1. The average molecular weight is 272 g/mol. The molecule has 0 saturated carbocycles. The fraction of sp³-hybridized carbons (Fsp3) is 0.231. The Balaban J connectivity index is 2.26. The van der Waals surface area contributed by atoms with Crippen LogP contribution in [0.4, 0.5) is 5.95 Å². The minimum absolute atomic E-state index is 0.0389. The molecule has 20 heavy (non-hydrogen) atoms. The summed E-state index contributed by atoms with van der Waals surface area (Å²) in [4.78, 5) is 14.7. The maximum absolute atomic E-state index is 8.72. The molecule has 0 fully saturated rings. The molecular weight excluding hydrogens is 256 g/mol. The number of rotatable bonds is 4. The van der Waals surface area contributed by atoms with Crippen LogP contribution >= 0.6 is 0 Å². The zero-order valence-electron chi connectivity index (χ0n) is 11.4. The predicted molar refractivity (Wildman–Crippen MR) is 75.6 cm³/mol. The van der Waals surface area contributed by atoms with Gasteiger partial charge in [-0.25, -0.2) is 9.97 Å². The van der Waals surface area contributed by atoms with Gasteiger partial charge in [0.25, 0.3) is 0 Å². The third-order valence-corrected chi connectivity index (χ3v) is 2.68. The Labute approximate surface area is 116 Å². The molecule has 2 heterocycles. The summed E-state index contributed by atoms with van der Waals surface area (Å²) in [5.74, 6) is 0.459. The van der Waals surface area contributed by atoms with Gasteiger partial charge >= 0.3 is 0 Å². The number of anilines is 1. The molecule has 0 atom stereocenters. The summed E-state index contributed by atoms with van der Waals surface area (Å²) in [5, 5.41) is 11.7. The Hall–Kier alpha value is -2.70. The van der Waals surface area contributed by atoms with Crippen LogP contribution in [0.2, 0.25) is 0 Å². The summed E-state index contributed by atoms with van der Waals surface area (Å²) in [6.07, 6.45) is 1.74. The van der Waals surface area contributed by atoms with E-state index >= 15 is 0 Å². The number of aromatic nitrogens is 3. The van der Waals surface area contributed by atoms with Gasteiger partial charge in [0, 0.05) is 18.9 Å². The lowest BCUT2D eigenvalue weighted by Crippen LogP contribution is -2.23. The molecule has 2 aromatic rings. The van der Waals surface area contributed by atoms with Gasteiger partial charge in [0.05, 0.1) is 12.2 Å². The van der Waals surface area contributed by atoms with Gasteiger partial charge in [-0.15, -0.1) is 0 Å². The monoisotopic (exact) mass is 272 g/mol. The van der Waals surface area contributed by atoms with Gasteiger partial charge in [0.1, 0.15) is 5.69 Å². The zero-order valence-corrected chi connectivity index (χ0v) is 11.4. The molecule has 0 spiro atoms. The van der Waals surface area contributed by atoms with Crippen LogP contribution in [0.15, 0.2) is 35.6 Å². The topological polar surface area (TPSA) is 101 Å². The summed E-state index contributed by atoms with van der Waals surface area (Å²) in [6.45, 7) is 2.40. The Morgan fingerprint density at radius 1 is 1.40 bits per heavy atom. The van der Waals surface area contributed by atoms with Crippen LogP contribution in [0.25, 0.3) is 0 Å². The van der Waals surface area contributed by atoms with Gasteiger partial charge in [-0.2, -0.15) is 0 Å². The highest BCUT2D eigenvalue weighted by Gasteiger charge is 2.10.